The molecule has 0 radical (unpaired) electrons. The predicted molar refractivity (Wildman–Crippen MR) is 137 cm³/mol. The third kappa shape index (κ3) is 13.9. The number of unbranched alkanes of at least 4 members (excludes halogenated alkanes) is 1. The molecule has 31 heavy (non-hydrogen) atoms. The van der Waals surface area contributed by atoms with Crippen LogP contribution in [-0.2, 0) is 6.18 Å². The van der Waals surface area contributed by atoms with Gasteiger partial charge in [0.25, 0.3) is 0 Å². The molecule has 0 saturated carbocycles. The summed E-state index contributed by atoms with van der Waals surface area (Å²) in [6, 6.07) is 3.28. The van der Waals surface area contributed by atoms with Crippen LogP contribution in [0.4, 0.5) is 18.9 Å². The molecule has 0 amide bonds. The van der Waals surface area contributed by atoms with Crippen LogP contribution in [0.5, 0.6) is 5.75 Å². The summed E-state index contributed by atoms with van der Waals surface area (Å²) < 4.78 is 42.0. The monoisotopic (exact) mass is 560 g/mol. The number of halogens is 4. The van der Waals surface area contributed by atoms with Crippen molar-refractivity contribution in [2.45, 2.75) is 57.0 Å². The molecule has 1 unspecified atom stereocenters. The summed E-state index contributed by atoms with van der Waals surface area (Å²) in [5.41, 5.74) is -0.613. The van der Waals surface area contributed by atoms with Gasteiger partial charge >= 0.3 is 6.18 Å². The Morgan fingerprint density at radius 3 is 2.48 bits per heavy atom. The highest BCUT2D eigenvalue weighted by Crippen LogP contribution is 2.38. The molecule has 1 aliphatic heterocycles. The average molecular weight is 562 g/mol. The SMILES string of the molecule is C1CCNCC1.CCCCSCS/C(=C\C(C)Br)SNc1ccc(C(F)(F)F)c(O)c1. The number of phenolic OH excluding ortho intramolecular Hbond substituents is 1. The third-order valence-electron chi connectivity index (χ3n) is 4.07. The van der Waals surface area contributed by atoms with Gasteiger partial charge in [0.1, 0.15) is 5.75 Å². The molecule has 1 aromatic carbocycles. The smallest absolute Gasteiger partial charge is 0.419 e. The maximum atomic E-state index is 12.7. The number of nitrogens with one attached hydrogen (secondary N) is 2. The van der Waals surface area contributed by atoms with Gasteiger partial charge in [0.15, 0.2) is 0 Å². The number of rotatable bonds is 10. The Kier molecular flexibility index (Phi) is 15.3. The standard InChI is InChI=1S/C16H21BrF3NOS3.C5H11N/c1-3-4-7-23-10-24-15(8-11(2)17)25-21-12-5-6-13(14(22)9-12)16(18,19)20;1-2-4-6-5-3-1/h5-6,8-9,11,21-22H,3-4,7,10H2,1-2H3;6H,1-5H2/b15-8+;. The number of benzene rings is 1. The third-order valence-corrected chi connectivity index (χ3v) is 7.75. The summed E-state index contributed by atoms with van der Waals surface area (Å²) in [6.45, 7) is 6.65. The molecule has 1 saturated heterocycles. The van der Waals surface area contributed by atoms with Gasteiger partial charge in [0, 0.05) is 21.7 Å². The zero-order chi connectivity index (χ0) is 23.1. The molecular formula is C21H32BrF3N2OS3. The second-order valence-electron chi connectivity index (χ2n) is 6.93. The van der Waals surface area contributed by atoms with Crippen molar-refractivity contribution in [2.24, 2.45) is 0 Å². The van der Waals surface area contributed by atoms with Crippen molar-refractivity contribution in [3.63, 3.8) is 0 Å². The molecular weight excluding hydrogens is 529 g/mol. The van der Waals surface area contributed by atoms with Gasteiger partial charge in [-0.1, -0.05) is 35.7 Å². The quantitative estimate of drug-likeness (QED) is 0.116. The van der Waals surface area contributed by atoms with Crippen molar-refractivity contribution in [1.29, 1.82) is 0 Å². The van der Waals surface area contributed by atoms with E-state index in [-0.39, 0.29) is 4.83 Å². The van der Waals surface area contributed by atoms with E-state index in [2.05, 4.69) is 32.9 Å². The molecule has 1 aromatic rings. The molecule has 3 nitrogen and oxygen atoms in total. The van der Waals surface area contributed by atoms with Crippen molar-refractivity contribution in [3.8, 4) is 5.75 Å². The minimum atomic E-state index is -4.56. The summed E-state index contributed by atoms with van der Waals surface area (Å²) in [5.74, 6) is 0.339. The maximum Gasteiger partial charge on any atom is 0.419 e. The van der Waals surface area contributed by atoms with Crippen LogP contribution in [0.3, 0.4) is 0 Å². The van der Waals surface area contributed by atoms with Crippen molar-refractivity contribution >= 4 is 57.1 Å². The average Bonchev–Trinajstić information content (AvgIpc) is 2.72. The normalized spacial score (nSPS) is 15.7. The van der Waals surface area contributed by atoms with Crippen molar-refractivity contribution in [1.82, 2.24) is 5.32 Å². The van der Waals surface area contributed by atoms with E-state index in [0.29, 0.717) is 5.69 Å². The predicted octanol–water partition coefficient (Wildman–Crippen LogP) is 8.08. The highest BCUT2D eigenvalue weighted by Gasteiger charge is 2.33. The van der Waals surface area contributed by atoms with E-state index < -0.39 is 17.5 Å². The molecule has 178 valence electrons. The number of aromatic hydroxyl groups is 1. The van der Waals surface area contributed by atoms with Crippen molar-refractivity contribution in [2.75, 3.05) is 28.6 Å². The summed E-state index contributed by atoms with van der Waals surface area (Å²) in [7, 11) is 0. The fraction of sp³-hybridized carbons (Fsp3) is 0.619. The molecule has 3 N–H and O–H groups in total. The second kappa shape index (κ2) is 16.5. The fourth-order valence-corrected chi connectivity index (χ4v) is 6.54. The molecule has 0 aliphatic carbocycles. The summed E-state index contributed by atoms with van der Waals surface area (Å²) in [5, 5.41) is 13.8. The van der Waals surface area contributed by atoms with Crippen LogP contribution < -0.4 is 10.0 Å². The van der Waals surface area contributed by atoms with E-state index >= 15 is 0 Å². The van der Waals surface area contributed by atoms with Crippen LogP contribution in [0.25, 0.3) is 0 Å². The number of allylic oxidation sites excluding steroid dienone is 1. The molecule has 1 atom stereocenters. The fourth-order valence-electron chi connectivity index (χ4n) is 2.45. The lowest BCUT2D eigenvalue weighted by Gasteiger charge is -2.13. The Bertz CT molecular complexity index is 646. The molecule has 1 fully saturated rings. The van der Waals surface area contributed by atoms with Crippen LogP contribution in [0.2, 0.25) is 0 Å². The lowest BCUT2D eigenvalue weighted by Crippen LogP contribution is -2.21. The lowest BCUT2D eigenvalue weighted by atomic mass is 10.2. The van der Waals surface area contributed by atoms with Gasteiger partial charge in [0.05, 0.1) is 9.80 Å². The lowest BCUT2D eigenvalue weighted by molar-refractivity contribution is -0.138. The number of piperidine rings is 1. The summed E-state index contributed by atoms with van der Waals surface area (Å²) >= 11 is 8.35. The minimum absolute atomic E-state index is 0.186. The van der Waals surface area contributed by atoms with Crippen LogP contribution in [0.15, 0.2) is 28.5 Å². The maximum absolute atomic E-state index is 12.7. The van der Waals surface area contributed by atoms with Crippen LogP contribution >= 0.6 is 51.4 Å². The van der Waals surface area contributed by atoms with E-state index in [1.54, 1.807) is 11.8 Å². The molecule has 1 aliphatic rings. The highest BCUT2D eigenvalue weighted by molar-refractivity contribution is 9.09. The largest absolute Gasteiger partial charge is 0.507 e. The van der Waals surface area contributed by atoms with E-state index in [1.807, 2.05) is 24.8 Å². The number of hydrogen-bond donors (Lipinski definition) is 3. The first-order valence-electron chi connectivity index (χ1n) is 10.3. The topological polar surface area (TPSA) is 44.3 Å². The zero-order valence-corrected chi connectivity index (χ0v) is 22.0. The van der Waals surface area contributed by atoms with E-state index in [4.69, 9.17) is 0 Å². The van der Waals surface area contributed by atoms with Crippen LogP contribution in [0.1, 0.15) is 51.5 Å². The van der Waals surface area contributed by atoms with Gasteiger partial charge in [-0.05, 0) is 75.2 Å². The Labute approximate surface area is 205 Å². The molecule has 0 spiro atoms. The first-order valence-corrected chi connectivity index (χ1v) is 14.2. The number of hydrogen-bond acceptors (Lipinski definition) is 6. The Balaban J connectivity index is 0.000000683. The van der Waals surface area contributed by atoms with Gasteiger partial charge in [-0.3, -0.25) is 0 Å². The van der Waals surface area contributed by atoms with Crippen LogP contribution in [-0.4, -0.2) is 33.9 Å². The second-order valence-corrected chi connectivity index (χ2v) is 12.0. The van der Waals surface area contributed by atoms with Gasteiger partial charge in [-0.2, -0.15) is 24.9 Å². The zero-order valence-electron chi connectivity index (χ0n) is 17.9. The van der Waals surface area contributed by atoms with Crippen molar-refractivity contribution < 1.29 is 18.3 Å². The number of phenols is 1. The van der Waals surface area contributed by atoms with Gasteiger partial charge in [0.2, 0.25) is 0 Å². The first-order chi connectivity index (χ1) is 14.7. The number of anilines is 1. The summed E-state index contributed by atoms with van der Waals surface area (Å²) in [4.78, 5) is 0.186. The Morgan fingerprint density at radius 2 is 2.00 bits per heavy atom. The van der Waals surface area contributed by atoms with Gasteiger partial charge in [-0.15, -0.1) is 11.8 Å². The number of alkyl halides is 4. The molecule has 0 bridgehead atoms. The Hall–Kier alpha value is -0.160. The van der Waals surface area contributed by atoms with Gasteiger partial charge < -0.3 is 15.1 Å². The van der Waals surface area contributed by atoms with E-state index in [0.717, 1.165) is 27.2 Å². The van der Waals surface area contributed by atoms with Crippen molar-refractivity contribution in [3.05, 3.63) is 34.1 Å². The molecule has 1 heterocycles. The van der Waals surface area contributed by atoms with E-state index in [9.17, 15) is 18.3 Å². The van der Waals surface area contributed by atoms with E-state index in [1.165, 1.54) is 63.2 Å². The van der Waals surface area contributed by atoms with Crippen LogP contribution in [0, 0.1) is 0 Å². The first kappa shape index (κ1) is 28.9. The molecule has 0 aromatic heterocycles. The highest BCUT2D eigenvalue weighted by atomic mass is 79.9. The van der Waals surface area contributed by atoms with Gasteiger partial charge in [-0.25, -0.2) is 0 Å². The summed E-state index contributed by atoms with van der Waals surface area (Å²) in [6.07, 6.45) is 4.05. The Morgan fingerprint density at radius 1 is 1.29 bits per heavy atom. The molecule has 2 rings (SSSR count). The molecule has 10 heteroatoms. The minimum Gasteiger partial charge on any atom is -0.507 e. The number of thioether (sulfide) groups is 2.